The van der Waals surface area contributed by atoms with Crippen LogP contribution in [0, 0.1) is 5.41 Å². The van der Waals surface area contributed by atoms with E-state index in [-0.39, 0.29) is 5.31 Å². The molecule has 1 atom stereocenters. The van der Waals surface area contributed by atoms with Gasteiger partial charge in [0.1, 0.15) is 0 Å². The van der Waals surface area contributed by atoms with Gasteiger partial charge in [-0.05, 0) is 11.8 Å². The second-order valence-corrected chi connectivity index (χ2v) is 4.39. The molecule has 0 aliphatic heterocycles. The zero-order valence-corrected chi connectivity index (χ0v) is 8.70. The first-order valence-corrected chi connectivity index (χ1v) is 4.66. The molecule has 0 rings (SSSR count). The molecule has 0 N–H and O–H groups in total. The highest BCUT2D eigenvalue weighted by atomic mass is 14.4. The Morgan fingerprint density at radius 3 is 1.64 bits per heavy atom. The molecule has 0 heterocycles. The van der Waals surface area contributed by atoms with Gasteiger partial charge in [0.05, 0.1) is 7.85 Å². The van der Waals surface area contributed by atoms with Gasteiger partial charge in [0.2, 0.25) is 0 Å². The second kappa shape index (κ2) is 3.64. The zero-order valence-electron chi connectivity index (χ0n) is 8.70. The van der Waals surface area contributed by atoms with E-state index in [9.17, 15) is 0 Å². The first kappa shape index (κ1) is 11.1. The lowest BCUT2D eigenvalue weighted by Gasteiger charge is -2.42. The molecular formula is C10H21B. The van der Waals surface area contributed by atoms with Gasteiger partial charge in [-0.25, -0.2) is 0 Å². The van der Waals surface area contributed by atoms with Gasteiger partial charge in [0.15, 0.2) is 0 Å². The van der Waals surface area contributed by atoms with Crippen LogP contribution in [0.3, 0.4) is 0 Å². The Morgan fingerprint density at radius 2 is 1.55 bits per heavy atom. The molecule has 0 saturated heterocycles. The van der Waals surface area contributed by atoms with Crippen LogP contribution in [0.25, 0.3) is 0 Å². The topological polar surface area (TPSA) is 0 Å². The van der Waals surface area contributed by atoms with Gasteiger partial charge in [-0.2, -0.15) is 0 Å². The smallest absolute Gasteiger partial charge is 0.0674 e. The predicted octanol–water partition coefficient (Wildman–Crippen LogP) is 3.57. The van der Waals surface area contributed by atoms with Crippen molar-refractivity contribution in [3.8, 4) is 0 Å². The minimum Gasteiger partial charge on any atom is -0.0674 e. The van der Waals surface area contributed by atoms with Crippen LogP contribution < -0.4 is 0 Å². The molecule has 0 fully saturated rings. The van der Waals surface area contributed by atoms with Gasteiger partial charge in [-0.1, -0.05) is 52.8 Å². The van der Waals surface area contributed by atoms with Crippen LogP contribution in [0.5, 0.6) is 0 Å². The highest BCUT2D eigenvalue weighted by Crippen LogP contribution is 2.48. The molecule has 1 unspecified atom stereocenters. The van der Waals surface area contributed by atoms with E-state index < -0.39 is 0 Å². The Balaban J connectivity index is 4.33. The van der Waals surface area contributed by atoms with Crippen molar-refractivity contribution in [2.45, 2.75) is 59.2 Å². The molecule has 2 radical (unpaired) electrons. The van der Waals surface area contributed by atoms with Crippen LogP contribution in [0.15, 0.2) is 0 Å². The maximum absolute atomic E-state index is 6.11. The third-order valence-corrected chi connectivity index (χ3v) is 3.14. The van der Waals surface area contributed by atoms with Gasteiger partial charge in [0.25, 0.3) is 0 Å². The van der Waals surface area contributed by atoms with Crippen LogP contribution in [0.4, 0.5) is 0 Å². The lowest BCUT2D eigenvalue weighted by atomic mass is 9.53. The molecule has 0 amide bonds. The number of hydrogen-bond acceptors (Lipinski definition) is 0. The van der Waals surface area contributed by atoms with Gasteiger partial charge in [-0.3, -0.25) is 0 Å². The van der Waals surface area contributed by atoms with Crippen molar-refractivity contribution in [3.05, 3.63) is 0 Å². The van der Waals surface area contributed by atoms with E-state index in [4.69, 9.17) is 7.85 Å². The lowest BCUT2D eigenvalue weighted by molar-refractivity contribution is 0.204. The maximum Gasteiger partial charge on any atom is 0.0746 e. The lowest BCUT2D eigenvalue weighted by Crippen LogP contribution is -2.29. The van der Waals surface area contributed by atoms with Crippen molar-refractivity contribution in [1.29, 1.82) is 0 Å². The third-order valence-electron chi connectivity index (χ3n) is 3.14. The van der Waals surface area contributed by atoms with Crippen molar-refractivity contribution in [1.82, 2.24) is 0 Å². The van der Waals surface area contributed by atoms with Gasteiger partial charge < -0.3 is 0 Å². The van der Waals surface area contributed by atoms with E-state index in [0.29, 0.717) is 5.41 Å². The van der Waals surface area contributed by atoms with Crippen molar-refractivity contribution in [2.75, 3.05) is 0 Å². The van der Waals surface area contributed by atoms with Crippen molar-refractivity contribution >= 4 is 7.85 Å². The van der Waals surface area contributed by atoms with E-state index in [1.165, 1.54) is 19.3 Å². The molecule has 0 saturated carbocycles. The summed E-state index contributed by atoms with van der Waals surface area (Å²) in [6.07, 6.45) is 3.63. The normalized spacial score (nSPS) is 17.9. The average Bonchev–Trinajstić information content (AvgIpc) is 1.86. The van der Waals surface area contributed by atoms with Crippen LogP contribution in [-0.4, -0.2) is 7.85 Å². The average molecular weight is 152 g/mol. The molecule has 11 heavy (non-hydrogen) atoms. The molecule has 0 aliphatic carbocycles. The third kappa shape index (κ3) is 2.54. The Hall–Kier alpha value is 0.0649. The SMILES string of the molecule is [B]C(C)(C)C(C)(CC)CCC. The first-order valence-electron chi connectivity index (χ1n) is 4.66. The standard InChI is InChI=1S/C10H21B/c1-6-8-10(5,7-2)9(3,4)11/h6-8H2,1-5H3. The summed E-state index contributed by atoms with van der Waals surface area (Å²) in [7, 11) is 6.11. The summed E-state index contributed by atoms with van der Waals surface area (Å²) in [5.74, 6) is 0. The van der Waals surface area contributed by atoms with Crippen LogP contribution in [0.2, 0.25) is 5.31 Å². The van der Waals surface area contributed by atoms with Crippen molar-refractivity contribution in [3.63, 3.8) is 0 Å². The van der Waals surface area contributed by atoms with Gasteiger partial charge >= 0.3 is 0 Å². The summed E-state index contributed by atoms with van der Waals surface area (Å²) in [6.45, 7) is 11.0. The molecule has 0 bridgehead atoms. The van der Waals surface area contributed by atoms with E-state index in [1.54, 1.807) is 0 Å². The highest BCUT2D eigenvalue weighted by Gasteiger charge is 2.33. The van der Waals surface area contributed by atoms with Gasteiger partial charge in [0, 0.05) is 0 Å². The molecule has 0 nitrogen and oxygen atoms in total. The largest absolute Gasteiger partial charge is 0.0746 e. The molecule has 0 aromatic heterocycles. The summed E-state index contributed by atoms with van der Waals surface area (Å²) >= 11 is 0. The minimum absolute atomic E-state index is 0.0439. The number of hydrogen-bond donors (Lipinski definition) is 0. The summed E-state index contributed by atoms with van der Waals surface area (Å²) in [5, 5.41) is -0.0439. The summed E-state index contributed by atoms with van der Waals surface area (Å²) in [4.78, 5) is 0. The van der Waals surface area contributed by atoms with Crippen molar-refractivity contribution < 1.29 is 0 Å². The molecule has 0 spiro atoms. The fourth-order valence-corrected chi connectivity index (χ4v) is 1.51. The second-order valence-electron chi connectivity index (χ2n) is 4.39. The molecule has 0 aromatic rings. The van der Waals surface area contributed by atoms with E-state index in [0.717, 1.165) is 0 Å². The monoisotopic (exact) mass is 152 g/mol. The minimum atomic E-state index is -0.0439. The molecule has 0 aliphatic rings. The quantitative estimate of drug-likeness (QED) is 0.540. The van der Waals surface area contributed by atoms with Crippen molar-refractivity contribution in [2.24, 2.45) is 5.41 Å². The van der Waals surface area contributed by atoms with E-state index in [1.807, 2.05) is 0 Å². The zero-order chi connectivity index (χ0) is 9.12. The molecule has 64 valence electrons. The highest BCUT2D eigenvalue weighted by molar-refractivity contribution is 6.15. The van der Waals surface area contributed by atoms with Crippen LogP contribution in [-0.2, 0) is 0 Å². The summed E-state index contributed by atoms with van der Waals surface area (Å²) in [5.41, 5.74) is 0.307. The summed E-state index contributed by atoms with van der Waals surface area (Å²) in [6, 6.07) is 0. The fraction of sp³-hybridized carbons (Fsp3) is 1.00. The van der Waals surface area contributed by atoms with E-state index >= 15 is 0 Å². The Kier molecular flexibility index (Phi) is 3.67. The van der Waals surface area contributed by atoms with Crippen LogP contribution in [0.1, 0.15) is 53.9 Å². The summed E-state index contributed by atoms with van der Waals surface area (Å²) < 4.78 is 0. The fourth-order valence-electron chi connectivity index (χ4n) is 1.51. The number of rotatable bonds is 4. The van der Waals surface area contributed by atoms with Gasteiger partial charge in [-0.15, -0.1) is 0 Å². The molecule has 1 heteroatoms. The molecular weight excluding hydrogens is 131 g/mol. The predicted molar refractivity (Wildman–Crippen MR) is 53.1 cm³/mol. The Morgan fingerprint density at radius 1 is 1.09 bits per heavy atom. The Labute approximate surface area is 73.2 Å². The first-order chi connectivity index (χ1) is 4.87. The van der Waals surface area contributed by atoms with E-state index in [2.05, 4.69) is 34.6 Å². The Bertz CT molecular complexity index is 113. The van der Waals surface area contributed by atoms with Crippen LogP contribution >= 0.6 is 0 Å². The molecule has 0 aromatic carbocycles. The maximum atomic E-state index is 6.11.